The molecule has 27 heavy (non-hydrogen) atoms. The van der Waals surface area contributed by atoms with Gasteiger partial charge >= 0.3 is 0 Å². The van der Waals surface area contributed by atoms with Gasteiger partial charge in [0.1, 0.15) is 5.75 Å². The summed E-state index contributed by atoms with van der Waals surface area (Å²) in [6.45, 7) is 3.48. The summed E-state index contributed by atoms with van der Waals surface area (Å²) in [5, 5.41) is 3.00. The minimum Gasteiger partial charge on any atom is -0.494 e. The first-order valence-corrected chi connectivity index (χ1v) is 11.7. The maximum atomic E-state index is 12.1. The van der Waals surface area contributed by atoms with Crippen molar-refractivity contribution in [1.82, 2.24) is 5.32 Å². The van der Waals surface area contributed by atoms with Crippen molar-refractivity contribution in [2.45, 2.75) is 51.9 Å². The van der Waals surface area contributed by atoms with Gasteiger partial charge in [-0.3, -0.25) is 9.10 Å². The van der Waals surface area contributed by atoms with E-state index in [2.05, 4.69) is 5.32 Å². The van der Waals surface area contributed by atoms with Crippen molar-refractivity contribution in [3.05, 3.63) is 24.3 Å². The zero-order valence-corrected chi connectivity index (χ0v) is 17.3. The Kier molecular flexibility index (Phi) is 8.41. The molecule has 1 N–H and O–H groups in total. The lowest BCUT2D eigenvalue weighted by molar-refractivity contribution is -0.121. The van der Waals surface area contributed by atoms with Crippen LogP contribution >= 0.6 is 0 Å². The molecule has 1 amide bonds. The number of sulfonamides is 1. The van der Waals surface area contributed by atoms with Crippen molar-refractivity contribution in [1.29, 1.82) is 0 Å². The van der Waals surface area contributed by atoms with Crippen molar-refractivity contribution in [3.63, 3.8) is 0 Å². The summed E-state index contributed by atoms with van der Waals surface area (Å²) in [4.78, 5) is 12.1. The second kappa shape index (κ2) is 10.5. The fourth-order valence-electron chi connectivity index (χ4n) is 3.48. The predicted molar refractivity (Wildman–Crippen MR) is 109 cm³/mol. The molecule has 1 aliphatic rings. The average Bonchev–Trinajstić information content (AvgIpc) is 2.64. The first-order valence-electron chi connectivity index (χ1n) is 9.87. The molecule has 152 valence electrons. The number of nitrogens with zero attached hydrogens (tertiary/aromatic N) is 1. The summed E-state index contributed by atoms with van der Waals surface area (Å²) in [5.41, 5.74) is 0.587. The fraction of sp³-hybridized carbons (Fsp3) is 0.650. The summed E-state index contributed by atoms with van der Waals surface area (Å²) in [6.07, 6.45) is 8.20. The number of rotatable bonds is 10. The van der Waals surface area contributed by atoms with E-state index in [0.29, 0.717) is 36.8 Å². The number of hydrogen-bond acceptors (Lipinski definition) is 4. The zero-order valence-electron chi connectivity index (χ0n) is 16.4. The minimum absolute atomic E-state index is 0.000665. The lowest BCUT2D eigenvalue weighted by atomic mass is 9.89. The highest BCUT2D eigenvalue weighted by Gasteiger charge is 2.18. The first-order chi connectivity index (χ1) is 12.9. The molecular weight excluding hydrogens is 364 g/mol. The maximum absolute atomic E-state index is 12.1. The summed E-state index contributed by atoms with van der Waals surface area (Å²) in [7, 11) is -3.41. The third-order valence-corrected chi connectivity index (χ3v) is 6.11. The Hall–Kier alpha value is -1.76. The van der Waals surface area contributed by atoms with E-state index in [1.165, 1.54) is 42.7 Å². The standard InChI is InChI=1S/C20H32N2O4S/c1-3-26-19-13-11-18(12-14-19)22(27(2,24)25)15-7-10-20(23)21-16-17-8-5-4-6-9-17/h11-14,17H,3-10,15-16H2,1-2H3,(H,21,23). The van der Waals surface area contributed by atoms with Crippen molar-refractivity contribution >= 4 is 21.6 Å². The van der Waals surface area contributed by atoms with Crippen molar-refractivity contribution in [2.24, 2.45) is 5.92 Å². The molecule has 1 aromatic rings. The highest BCUT2D eigenvalue weighted by Crippen LogP contribution is 2.23. The van der Waals surface area contributed by atoms with Gasteiger partial charge in [-0.05, 0) is 56.4 Å². The summed E-state index contributed by atoms with van der Waals surface area (Å²) in [5.74, 6) is 1.30. The summed E-state index contributed by atoms with van der Waals surface area (Å²) < 4.78 is 31.0. The summed E-state index contributed by atoms with van der Waals surface area (Å²) >= 11 is 0. The highest BCUT2D eigenvalue weighted by atomic mass is 32.2. The molecule has 0 bridgehead atoms. The van der Waals surface area contributed by atoms with Gasteiger partial charge in [0.05, 0.1) is 18.6 Å². The molecule has 0 saturated heterocycles. The van der Waals surface area contributed by atoms with Gasteiger partial charge in [-0.2, -0.15) is 0 Å². The Labute approximate surface area is 163 Å². The molecule has 1 aromatic carbocycles. The molecule has 0 aliphatic heterocycles. The van der Waals surface area contributed by atoms with Gasteiger partial charge in [-0.15, -0.1) is 0 Å². The van der Waals surface area contributed by atoms with Crippen LogP contribution in [0, 0.1) is 5.92 Å². The Balaban J connectivity index is 1.82. The molecular formula is C20H32N2O4S. The largest absolute Gasteiger partial charge is 0.494 e. The average molecular weight is 397 g/mol. The van der Waals surface area contributed by atoms with Crippen LogP contribution in [0.5, 0.6) is 5.75 Å². The zero-order chi connectivity index (χ0) is 19.7. The molecule has 1 fully saturated rings. The molecule has 0 heterocycles. The number of hydrogen-bond donors (Lipinski definition) is 1. The van der Waals surface area contributed by atoms with E-state index in [9.17, 15) is 13.2 Å². The van der Waals surface area contributed by atoms with Gasteiger partial charge in [0, 0.05) is 19.5 Å². The third kappa shape index (κ3) is 7.40. The Morgan fingerprint density at radius 1 is 1.19 bits per heavy atom. The van der Waals surface area contributed by atoms with Gasteiger partial charge < -0.3 is 10.1 Å². The number of ether oxygens (including phenoxy) is 1. The van der Waals surface area contributed by atoms with Gasteiger partial charge in [0.25, 0.3) is 0 Å². The number of carbonyl (C=O) groups is 1. The smallest absolute Gasteiger partial charge is 0.232 e. The van der Waals surface area contributed by atoms with Gasteiger partial charge in [-0.25, -0.2) is 8.42 Å². The second-order valence-electron chi connectivity index (χ2n) is 7.17. The van der Waals surface area contributed by atoms with E-state index in [-0.39, 0.29) is 12.5 Å². The third-order valence-electron chi connectivity index (χ3n) is 4.91. The lowest BCUT2D eigenvalue weighted by Gasteiger charge is -2.23. The van der Waals surface area contributed by atoms with Crippen molar-refractivity contribution in [3.8, 4) is 5.75 Å². The molecule has 0 spiro atoms. The van der Waals surface area contributed by atoms with Crippen LogP contribution in [0.4, 0.5) is 5.69 Å². The van der Waals surface area contributed by atoms with E-state index < -0.39 is 10.0 Å². The van der Waals surface area contributed by atoms with Crippen LogP contribution in [0.1, 0.15) is 51.9 Å². The van der Waals surface area contributed by atoms with Crippen LogP contribution in [-0.4, -0.2) is 40.3 Å². The molecule has 1 saturated carbocycles. The molecule has 0 aromatic heterocycles. The number of carbonyl (C=O) groups excluding carboxylic acids is 1. The lowest BCUT2D eigenvalue weighted by Crippen LogP contribution is -2.33. The SMILES string of the molecule is CCOc1ccc(N(CCCC(=O)NCC2CCCCC2)S(C)(=O)=O)cc1. The molecule has 2 rings (SSSR count). The topological polar surface area (TPSA) is 75.7 Å². The van der Waals surface area contributed by atoms with E-state index in [1.807, 2.05) is 6.92 Å². The molecule has 7 heteroatoms. The Morgan fingerprint density at radius 2 is 1.85 bits per heavy atom. The van der Waals surface area contributed by atoms with Gasteiger partial charge in [0.15, 0.2) is 0 Å². The van der Waals surface area contributed by atoms with Crippen LogP contribution in [0.2, 0.25) is 0 Å². The molecule has 0 unspecified atom stereocenters. The predicted octanol–water partition coefficient (Wildman–Crippen LogP) is 3.33. The number of benzene rings is 1. The first kappa shape index (κ1) is 21.5. The van der Waals surface area contributed by atoms with Crippen molar-refractivity contribution < 1.29 is 17.9 Å². The molecule has 0 radical (unpaired) electrons. The second-order valence-corrected chi connectivity index (χ2v) is 9.08. The van der Waals surface area contributed by atoms with Crippen LogP contribution in [-0.2, 0) is 14.8 Å². The van der Waals surface area contributed by atoms with Crippen molar-refractivity contribution in [2.75, 3.05) is 30.3 Å². The normalized spacial score (nSPS) is 15.3. The van der Waals surface area contributed by atoms with Crippen LogP contribution in [0.15, 0.2) is 24.3 Å². The van der Waals surface area contributed by atoms with Gasteiger partial charge in [0.2, 0.25) is 15.9 Å². The van der Waals surface area contributed by atoms with E-state index in [0.717, 1.165) is 6.54 Å². The number of nitrogens with one attached hydrogen (secondary N) is 1. The molecule has 1 aliphatic carbocycles. The number of anilines is 1. The van der Waals surface area contributed by atoms with E-state index in [1.54, 1.807) is 24.3 Å². The summed E-state index contributed by atoms with van der Waals surface area (Å²) in [6, 6.07) is 6.98. The highest BCUT2D eigenvalue weighted by molar-refractivity contribution is 7.92. The van der Waals surface area contributed by atoms with Gasteiger partial charge in [-0.1, -0.05) is 19.3 Å². The van der Waals surface area contributed by atoms with E-state index >= 15 is 0 Å². The number of amides is 1. The maximum Gasteiger partial charge on any atom is 0.232 e. The fourth-order valence-corrected chi connectivity index (χ4v) is 4.45. The van der Waals surface area contributed by atoms with Crippen LogP contribution in [0.3, 0.4) is 0 Å². The van der Waals surface area contributed by atoms with Crippen LogP contribution < -0.4 is 14.4 Å². The monoisotopic (exact) mass is 396 g/mol. The molecule has 6 nitrogen and oxygen atoms in total. The Bertz CT molecular complexity index is 682. The van der Waals surface area contributed by atoms with Crippen LogP contribution in [0.25, 0.3) is 0 Å². The quantitative estimate of drug-likeness (QED) is 0.658. The molecule has 0 atom stereocenters. The Morgan fingerprint density at radius 3 is 2.44 bits per heavy atom. The minimum atomic E-state index is -3.41. The van der Waals surface area contributed by atoms with E-state index in [4.69, 9.17) is 4.74 Å².